The molecule has 1 unspecified atom stereocenters. The molecule has 0 bridgehead atoms. The van der Waals surface area contributed by atoms with Crippen LogP contribution in [0, 0.1) is 0 Å². The molecule has 0 aliphatic carbocycles. The van der Waals surface area contributed by atoms with Gasteiger partial charge in [0, 0.05) is 18.4 Å². The van der Waals surface area contributed by atoms with Crippen LogP contribution in [-0.4, -0.2) is 11.7 Å². The van der Waals surface area contributed by atoms with Crippen molar-refractivity contribution >= 4 is 22.6 Å². The molecule has 1 fully saturated rings. The number of anilines is 1. The van der Waals surface area contributed by atoms with Gasteiger partial charge in [0.15, 0.2) is 5.12 Å². The van der Waals surface area contributed by atoms with Gasteiger partial charge in [-0.05, 0) is 30.5 Å². The molecular formula is C18H19NOS. The van der Waals surface area contributed by atoms with E-state index in [0.717, 1.165) is 11.4 Å². The average Bonchev–Trinajstić information content (AvgIpc) is 2.97. The lowest BCUT2D eigenvalue weighted by atomic mass is 10.0. The van der Waals surface area contributed by atoms with E-state index in [4.69, 9.17) is 0 Å². The molecule has 0 amide bonds. The lowest BCUT2D eigenvalue weighted by Gasteiger charge is -2.28. The van der Waals surface area contributed by atoms with Crippen LogP contribution < -0.4 is 4.90 Å². The maximum atomic E-state index is 11.5. The predicted molar refractivity (Wildman–Crippen MR) is 88.7 cm³/mol. The van der Waals surface area contributed by atoms with Crippen molar-refractivity contribution in [2.75, 3.05) is 11.4 Å². The highest BCUT2D eigenvalue weighted by Crippen LogP contribution is 2.40. The first-order valence-corrected chi connectivity index (χ1v) is 8.16. The van der Waals surface area contributed by atoms with Gasteiger partial charge in [0.1, 0.15) is 0 Å². The molecule has 1 aliphatic rings. The summed E-state index contributed by atoms with van der Waals surface area (Å²) in [7, 11) is 0. The van der Waals surface area contributed by atoms with Crippen LogP contribution in [0.15, 0.2) is 59.5 Å². The molecule has 0 N–H and O–H groups in total. The number of carbonyl (C=O) groups is 1. The molecule has 21 heavy (non-hydrogen) atoms. The van der Waals surface area contributed by atoms with Gasteiger partial charge in [0.05, 0.1) is 11.7 Å². The fourth-order valence-corrected chi connectivity index (χ4v) is 3.76. The summed E-state index contributed by atoms with van der Waals surface area (Å²) in [5, 5.41) is 0.137. The van der Waals surface area contributed by atoms with Crippen LogP contribution in [0.2, 0.25) is 0 Å². The van der Waals surface area contributed by atoms with Crippen LogP contribution in [0.3, 0.4) is 0 Å². The summed E-state index contributed by atoms with van der Waals surface area (Å²) in [5.41, 5.74) is 2.54. The minimum Gasteiger partial charge on any atom is -0.364 e. The average molecular weight is 297 g/mol. The Hall–Kier alpha value is -1.74. The van der Waals surface area contributed by atoms with E-state index in [1.807, 2.05) is 12.1 Å². The first-order chi connectivity index (χ1) is 10.3. The fourth-order valence-electron chi connectivity index (χ4n) is 3.01. The van der Waals surface area contributed by atoms with Crippen LogP contribution in [0.5, 0.6) is 0 Å². The van der Waals surface area contributed by atoms with Crippen molar-refractivity contribution in [3.8, 4) is 0 Å². The Balaban J connectivity index is 1.94. The summed E-state index contributed by atoms with van der Waals surface area (Å²) in [4.78, 5) is 15.0. The largest absolute Gasteiger partial charge is 0.364 e. The Morgan fingerprint density at radius 3 is 2.57 bits per heavy atom. The number of para-hydroxylation sites is 1. The second kappa shape index (κ2) is 6.35. The van der Waals surface area contributed by atoms with Gasteiger partial charge in [-0.2, -0.15) is 0 Å². The maximum Gasteiger partial charge on any atom is 0.190 e. The van der Waals surface area contributed by atoms with Gasteiger partial charge in [-0.15, -0.1) is 0 Å². The second-order valence-electron chi connectivity index (χ2n) is 5.32. The summed E-state index contributed by atoms with van der Waals surface area (Å²) >= 11 is 1.33. The Morgan fingerprint density at radius 2 is 1.81 bits per heavy atom. The van der Waals surface area contributed by atoms with Gasteiger partial charge in [0.25, 0.3) is 0 Å². The van der Waals surface area contributed by atoms with Gasteiger partial charge >= 0.3 is 0 Å². The molecule has 0 aromatic heterocycles. The number of hydrogen-bond donors (Lipinski definition) is 0. The third-order valence-electron chi connectivity index (χ3n) is 3.87. The van der Waals surface area contributed by atoms with Crippen molar-refractivity contribution in [1.82, 2.24) is 0 Å². The fraction of sp³-hybridized carbons (Fsp3) is 0.278. The van der Waals surface area contributed by atoms with Crippen molar-refractivity contribution in [2.45, 2.75) is 30.7 Å². The van der Waals surface area contributed by atoms with Gasteiger partial charge < -0.3 is 4.90 Å². The van der Waals surface area contributed by atoms with E-state index < -0.39 is 0 Å². The molecule has 0 spiro atoms. The van der Waals surface area contributed by atoms with E-state index in [-0.39, 0.29) is 5.12 Å². The lowest BCUT2D eigenvalue weighted by molar-refractivity contribution is -0.109. The van der Waals surface area contributed by atoms with Crippen molar-refractivity contribution in [3.63, 3.8) is 0 Å². The molecule has 0 saturated carbocycles. The summed E-state index contributed by atoms with van der Waals surface area (Å²) in [6.45, 7) is 2.68. The van der Waals surface area contributed by atoms with E-state index in [1.165, 1.54) is 35.9 Å². The molecule has 0 radical (unpaired) electrons. The normalized spacial score (nSPS) is 18.0. The monoisotopic (exact) mass is 297 g/mol. The number of rotatable bonds is 3. The second-order valence-corrected chi connectivity index (χ2v) is 6.54. The highest BCUT2D eigenvalue weighted by Gasteiger charge is 2.27. The zero-order chi connectivity index (χ0) is 14.7. The minimum atomic E-state index is 0.137. The molecule has 1 heterocycles. The number of benzene rings is 2. The summed E-state index contributed by atoms with van der Waals surface area (Å²) in [6, 6.07) is 19.3. The van der Waals surface area contributed by atoms with Crippen LogP contribution in [0.25, 0.3) is 0 Å². The molecular weight excluding hydrogens is 278 g/mol. The Kier molecular flexibility index (Phi) is 4.30. The zero-order valence-corrected chi connectivity index (χ0v) is 13.0. The van der Waals surface area contributed by atoms with Crippen molar-refractivity contribution in [1.29, 1.82) is 0 Å². The van der Waals surface area contributed by atoms with Gasteiger partial charge in [-0.25, -0.2) is 0 Å². The van der Waals surface area contributed by atoms with Crippen molar-refractivity contribution in [3.05, 3.63) is 60.2 Å². The van der Waals surface area contributed by atoms with Crippen LogP contribution in [0.4, 0.5) is 5.69 Å². The number of hydrogen-bond acceptors (Lipinski definition) is 3. The summed E-state index contributed by atoms with van der Waals surface area (Å²) < 4.78 is 0. The Morgan fingerprint density at radius 1 is 1.10 bits per heavy atom. The third kappa shape index (κ3) is 3.13. The van der Waals surface area contributed by atoms with E-state index >= 15 is 0 Å². The van der Waals surface area contributed by atoms with Crippen LogP contribution >= 0.6 is 11.8 Å². The predicted octanol–water partition coefficient (Wildman–Crippen LogP) is 4.67. The van der Waals surface area contributed by atoms with E-state index in [1.54, 1.807) is 6.92 Å². The van der Waals surface area contributed by atoms with Gasteiger partial charge in [-0.1, -0.05) is 54.2 Å². The Labute approximate surface area is 130 Å². The SMILES string of the molecule is CC(=O)Sc1ccccc1N1CCCC1c1ccccc1. The third-order valence-corrected chi connectivity index (χ3v) is 4.72. The maximum absolute atomic E-state index is 11.5. The van der Waals surface area contributed by atoms with Gasteiger partial charge in [-0.3, -0.25) is 4.79 Å². The van der Waals surface area contributed by atoms with Crippen LogP contribution in [0.1, 0.15) is 31.4 Å². The van der Waals surface area contributed by atoms with Crippen LogP contribution in [-0.2, 0) is 4.79 Å². The molecule has 3 rings (SSSR count). The number of thioether (sulfide) groups is 1. The van der Waals surface area contributed by atoms with E-state index in [9.17, 15) is 4.79 Å². The number of carbonyl (C=O) groups excluding carboxylic acids is 1. The minimum absolute atomic E-state index is 0.137. The standard InChI is InChI=1S/C18H19NOS/c1-14(20)21-18-12-6-5-10-17(18)19-13-7-11-16(19)15-8-3-2-4-9-15/h2-6,8-10,12,16H,7,11,13H2,1H3. The first kappa shape index (κ1) is 14.2. The summed E-state index contributed by atoms with van der Waals surface area (Å²) in [5.74, 6) is 0. The molecule has 3 heteroatoms. The molecule has 2 aromatic carbocycles. The first-order valence-electron chi connectivity index (χ1n) is 7.35. The highest BCUT2D eigenvalue weighted by atomic mass is 32.2. The molecule has 108 valence electrons. The lowest BCUT2D eigenvalue weighted by Crippen LogP contribution is -2.23. The molecule has 1 aliphatic heterocycles. The van der Waals surface area contributed by atoms with E-state index in [0.29, 0.717) is 6.04 Å². The van der Waals surface area contributed by atoms with E-state index in [2.05, 4.69) is 47.4 Å². The highest BCUT2D eigenvalue weighted by molar-refractivity contribution is 8.13. The molecule has 1 atom stereocenters. The molecule has 2 aromatic rings. The summed E-state index contributed by atoms with van der Waals surface area (Å²) in [6.07, 6.45) is 2.36. The smallest absolute Gasteiger partial charge is 0.190 e. The molecule has 2 nitrogen and oxygen atoms in total. The Bertz CT molecular complexity index is 626. The van der Waals surface area contributed by atoms with Crippen molar-refractivity contribution < 1.29 is 4.79 Å². The topological polar surface area (TPSA) is 20.3 Å². The van der Waals surface area contributed by atoms with Crippen molar-refractivity contribution in [2.24, 2.45) is 0 Å². The molecule has 1 saturated heterocycles. The zero-order valence-electron chi connectivity index (χ0n) is 12.2. The quantitative estimate of drug-likeness (QED) is 0.768. The number of nitrogens with zero attached hydrogens (tertiary/aromatic N) is 1. The van der Waals surface area contributed by atoms with Gasteiger partial charge in [0.2, 0.25) is 0 Å².